The topological polar surface area (TPSA) is 15.3 Å². The van der Waals surface area contributed by atoms with Gasteiger partial charge in [0.2, 0.25) is 0 Å². The van der Waals surface area contributed by atoms with Gasteiger partial charge in [0.25, 0.3) is 0 Å². The number of rotatable bonds is 5. The number of hydrogen-bond acceptors (Lipinski definition) is 2. The monoisotopic (exact) mass is 280 g/mol. The molecule has 2 nitrogen and oxygen atoms in total. The van der Waals surface area contributed by atoms with Gasteiger partial charge in [0, 0.05) is 23.7 Å². The Morgan fingerprint density at radius 2 is 2.05 bits per heavy atom. The van der Waals surface area contributed by atoms with E-state index in [4.69, 9.17) is 11.6 Å². The lowest BCUT2D eigenvalue weighted by atomic mass is 10.1. The van der Waals surface area contributed by atoms with Crippen LogP contribution in [0.3, 0.4) is 0 Å². The second-order valence-electron chi connectivity index (χ2n) is 5.89. The Morgan fingerprint density at radius 3 is 2.68 bits per heavy atom. The Bertz CT molecular complexity index is 405. The van der Waals surface area contributed by atoms with E-state index in [0.717, 1.165) is 17.5 Å². The zero-order chi connectivity index (χ0) is 13.8. The summed E-state index contributed by atoms with van der Waals surface area (Å²) in [6.07, 6.45) is 1.31. The zero-order valence-corrected chi connectivity index (χ0v) is 13.0. The molecule has 19 heavy (non-hydrogen) atoms. The van der Waals surface area contributed by atoms with E-state index in [1.807, 2.05) is 12.1 Å². The van der Waals surface area contributed by atoms with E-state index in [1.54, 1.807) is 0 Å². The standard InChI is InChI=1S/C16H25ClN2/c1-12(2)19-9-8-14(11-19)10-18-13(3)15-6-4-5-7-16(15)17/h4-7,12-14,18H,8-11H2,1-3H3. The molecule has 1 saturated heterocycles. The van der Waals surface area contributed by atoms with E-state index in [2.05, 4.69) is 43.1 Å². The van der Waals surface area contributed by atoms with Crippen LogP contribution in [0.25, 0.3) is 0 Å². The third-order valence-electron chi connectivity index (χ3n) is 4.13. The molecule has 2 atom stereocenters. The van der Waals surface area contributed by atoms with Gasteiger partial charge in [0.05, 0.1) is 0 Å². The molecular formula is C16H25ClN2. The van der Waals surface area contributed by atoms with E-state index in [0.29, 0.717) is 12.1 Å². The highest BCUT2D eigenvalue weighted by atomic mass is 35.5. The van der Waals surface area contributed by atoms with Crippen LogP contribution in [-0.2, 0) is 0 Å². The van der Waals surface area contributed by atoms with Gasteiger partial charge in [-0.25, -0.2) is 0 Å². The Balaban J connectivity index is 1.82. The fourth-order valence-electron chi connectivity index (χ4n) is 2.78. The maximum Gasteiger partial charge on any atom is 0.0453 e. The molecule has 0 amide bonds. The highest BCUT2D eigenvalue weighted by molar-refractivity contribution is 6.31. The number of hydrogen-bond donors (Lipinski definition) is 1. The average molecular weight is 281 g/mol. The molecule has 0 bridgehead atoms. The number of nitrogens with one attached hydrogen (secondary N) is 1. The lowest BCUT2D eigenvalue weighted by Crippen LogP contribution is -2.31. The van der Waals surface area contributed by atoms with Gasteiger partial charge in [-0.1, -0.05) is 29.8 Å². The van der Waals surface area contributed by atoms with Crippen molar-refractivity contribution in [3.05, 3.63) is 34.9 Å². The second-order valence-corrected chi connectivity index (χ2v) is 6.30. The van der Waals surface area contributed by atoms with Crippen molar-refractivity contribution in [3.63, 3.8) is 0 Å². The maximum atomic E-state index is 6.23. The van der Waals surface area contributed by atoms with Gasteiger partial charge < -0.3 is 10.2 Å². The molecule has 1 heterocycles. The van der Waals surface area contributed by atoms with Crippen LogP contribution in [0, 0.1) is 5.92 Å². The molecular weight excluding hydrogens is 256 g/mol. The molecule has 2 unspecified atom stereocenters. The van der Waals surface area contributed by atoms with Gasteiger partial charge in [-0.2, -0.15) is 0 Å². The Kier molecular flexibility index (Phi) is 5.26. The lowest BCUT2D eigenvalue weighted by Gasteiger charge is -2.21. The van der Waals surface area contributed by atoms with Crippen molar-refractivity contribution in [2.75, 3.05) is 19.6 Å². The number of benzene rings is 1. The highest BCUT2D eigenvalue weighted by Gasteiger charge is 2.24. The minimum absolute atomic E-state index is 0.321. The summed E-state index contributed by atoms with van der Waals surface area (Å²) in [5.74, 6) is 0.771. The summed E-state index contributed by atoms with van der Waals surface area (Å²) in [5, 5.41) is 4.49. The third-order valence-corrected chi connectivity index (χ3v) is 4.48. The number of halogens is 1. The SMILES string of the molecule is CC(NCC1CCN(C(C)C)C1)c1ccccc1Cl. The molecule has 2 rings (SSSR count). The molecule has 1 aromatic rings. The van der Waals surface area contributed by atoms with Crippen LogP contribution in [0.1, 0.15) is 38.8 Å². The van der Waals surface area contributed by atoms with Crippen molar-refractivity contribution in [1.82, 2.24) is 10.2 Å². The normalized spacial score (nSPS) is 22.1. The predicted molar refractivity (Wildman–Crippen MR) is 82.7 cm³/mol. The number of nitrogens with zero attached hydrogens (tertiary/aromatic N) is 1. The summed E-state index contributed by atoms with van der Waals surface area (Å²) in [6, 6.07) is 9.10. The molecule has 1 aliphatic heterocycles. The highest BCUT2D eigenvalue weighted by Crippen LogP contribution is 2.23. The Hall–Kier alpha value is -0.570. The summed E-state index contributed by atoms with van der Waals surface area (Å²) >= 11 is 6.23. The molecule has 0 aliphatic carbocycles. The summed E-state index contributed by atoms with van der Waals surface area (Å²) < 4.78 is 0. The van der Waals surface area contributed by atoms with E-state index in [-0.39, 0.29) is 0 Å². The summed E-state index contributed by atoms with van der Waals surface area (Å²) in [4.78, 5) is 2.56. The third kappa shape index (κ3) is 3.95. The fraction of sp³-hybridized carbons (Fsp3) is 0.625. The molecule has 0 radical (unpaired) electrons. The van der Waals surface area contributed by atoms with Crippen LogP contribution in [0.4, 0.5) is 0 Å². The Morgan fingerprint density at radius 1 is 1.32 bits per heavy atom. The van der Waals surface area contributed by atoms with Crippen LogP contribution in [0.2, 0.25) is 5.02 Å². The zero-order valence-electron chi connectivity index (χ0n) is 12.2. The van der Waals surface area contributed by atoms with Crippen molar-refractivity contribution in [2.24, 2.45) is 5.92 Å². The van der Waals surface area contributed by atoms with E-state index >= 15 is 0 Å². The first-order valence-corrected chi connectivity index (χ1v) is 7.67. The van der Waals surface area contributed by atoms with Crippen LogP contribution in [0.5, 0.6) is 0 Å². The van der Waals surface area contributed by atoms with Crippen molar-refractivity contribution in [1.29, 1.82) is 0 Å². The van der Waals surface area contributed by atoms with Crippen molar-refractivity contribution in [2.45, 2.75) is 39.3 Å². The second kappa shape index (κ2) is 6.74. The number of likely N-dealkylation sites (tertiary alicyclic amines) is 1. The van der Waals surface area contributed by atoms with Crippen LogP contribution < -0.4 is 5.32 Å². The Labute approximate surface area is 122 Å². The van der Waals surface area contributed by atoms with Gasteiger partial charge in [0.15, 0.2) is 0 Å². The van der Waals surface area contributed by atoms with Gasteiger partial charge in [-0.05, 0) is 57.8 Å². The lowest BCUT2D eigenvalue weighted by molar-refractivity contribution is 0.263. The fourth-order valence-corrected chi connectivity index (χ4v) is 3.08. The molecule has 1 aromatic carbocycles. The summed E-state index contributed by atoms with van der Waals surface area (Å²) in [6.45, 7) is 10.3. The molecule has 0 saturated carbocycles. The molecule has 1 N–H and O–H groups in total. The minimum atomic E-state index is 0.321. The van der Waals surface area contributed by atoms with Crippen LogP contribution in [0.15, 0.2) is 24.3 Å². The van der Waals surface area contributed by atoms with E-state index in [1.165, 1.54) is 25.1 Å². The van der Waals surface area contributed by atoms with Crippen molar-refractivity contribution < 1.29 is 0 Å². The quantitative estimate of drug-likeness (QED) is 0.884. The predicted octanol–water partition coefficient (Wildman–Crippen LogP) is 3.72. The maximum absolute atomic E-state index is 6.23. The first kappa shape index (κ1) is 14.8. The molecule has 3 heteroatoms. The van der Waals surface area contributed by atoms with Crippen LogP contribution in [-0.4, -0.2) is 30.6 Å². The van der Waals surface area contributed by atoms with Gasteiger partial charge in [-0.3, -0.25) is 0 Å². The molecule has 0 spiro atoms. The average Bonchev–Trinajstić information content (AvgIpc) is 2.85. The first-order valence-electron chi connectivity index (χ1n) is 7.29. The molecule has 0 aromatic heterocycles. The summed E-state index contributed by atoms with van der Waals surface area (Å²) in [7, 11) is 0. The van der Waals surface area contributed by atoms with Crippen molar-refractivity contribution in [3.8, 4) is 0 Å². The first-order chi connectivity index (χ1) is 9.08. The van der Waals surface area contributed by atoms with Crippen molar-refractivity contribution >= 4 is 11.6 Å². The van der Waals surface area contributed by atoms with E-state index < -0.39 is 0 Å². The molecule has 1 fully saturated rings. The molecule has 1 aliphatic rings. The smallest absolute Gasteiger partial charge is 0.0453 e. The minimum Gasteiger partial charge on any atom is -0.310 e. The van der Waals surface area contributed by atoms with Gasteiger partial charge in [0.1, 0.15) is 0 Å². The summed E-state index contributed by atoms with van der Waals surface area (Å²) in [5.41, 5.74) is 1.20. The molecule has 106 valence electrons. The van der Waals surface area contributed by atoms with Crippen LogP contribution >= 0.6 is 11.6 Å². The van der Waals surface area contributed by atoms with E-state index in [9.17, 15) is 0 Å². The van der Waals surface area contributed by atoms with Gasteiger partial charge >= 0.3 is 0 Å². The largest absolute Gasteiger partial charge is 0.310 e. The van der Waals surface area contributed by atoms with Gasteiger partial charge in [-0.15, -0.1) is 0 Å².